The van der Waals surface area contributed by atoms with Crippen LogP contribution in [0.2, 0.25) is 0 Å². The lowest BCUT2D eigenvalue weighted by atomic mass is 10.1. The Hall–Kier alpha value is -2.80. The van der Waals surface area contributed by atoms with Crippen molar-refractivity contribution in [3.8, 4) is 11.1 Å². The molecule has 0 fully saturated rings. The van der Waals surface area contributed by atoms with E-state index in [2.05, 4.69) is 96.6 Å². The van der Waals surface area contributed by atoms with Crippen molar-refractivity contribution in [2.45, 2.75) is 58.4 Å². The first-order chi connectivity index (χ1) is 14.9. The maximum absolute atomic E-state index is 2.38. The molecule has 1 heterocycles. The van der Waals surface area contributed by atoms with Gasteiger partial charge in [-0.25, -0.2) is 0 Å². The molecule has 154 valence electrons. The van der Waals surface area contributed by atoms with Gasteiger partial charge in [0.1, 0.15) is 0 Å². The van der Waals surface area contributed by atoms with E-state index in [0.29, 0.717) is 0 Å². The molecule has 5 rings (SSSR count). The van der Waals surface area contributed by atoms with E-state index in [4.69, 9.17) is 0 Å². The van der Waals surface area contributed by atoms with Crippen LogP contribution in [0.5, 0.6) is 0 Å². The molecule has 0 amide bonds. The Kier molecular flexibility index (Phi) is 7.03. The molecule has 30 heavy (non-hydrogen) atoms. The van der Waals surface area contributed by atoms with Gasteiger partial charge in [0, 0.05) is 18.3 Å². The van der Waals surface area contributed by atoms with E-state index in [9.17, 15) is 0 Å². The molecular formula is C29H33N. The summed E-state index contributed by atoms with van der Waals surface area (Å²) >= 11 is 0. The van der Waals surface area contributed by atoms with Gasteiger partial charge in [-0.15, -0.1) is 0 Å². The first-order valence-corrected chi connectivity index (χ1v) is 11.6. The highest BCUT2D eigenvalue weighted by molar-refractivity contribution is 5.80. The van der Waals surface area contributed by atoms with Gasteiger partial charge in [-0.1, -0.05) is 106 Å². The van der Waals surface area contributed by atoms with Gasteiger partial charge < -0.3 is 4.57 Å². The smallest absolute Gasteiger partial charge is 0.0480 e. The van der Waals surface area contributed by atoms with E-state index in [1.54, 1.807) is 0 Å². The molecule has 3 aromatic carbocycles. The van der Waals surface area contributed by atoms with Crippen molar-refractivity contribution >= 4 is 10.9 Å². The van der Waals surface area contributed by atoms with Crippen LogP contribution in [0.15, 0.2) is 85.1 Å². The minimum absolute atomic E-state index is 1.10. The molecule has 0 aliphatic heterocycles. The molecule has 1 heteroatoms. The molecule has 4 aromatic rings. The number of aryl methyl sites for hydroxylation is 1. The Balaban J connectivity index is 0.000000150. The van der Waals surface area contributed by atoms with Crippen molar-refractivity contribution in [3.63, 3.8) is 0 Å². The molecule has 0 bridgehead atoms. The zero-order valence-electron chi connectivity index (χ0n) is 18.2. The molecule has 1 aromatic heterocycles. The van der Waals surface area contributed by atoms with Gasteiger partial charge in [-0.05, 0) is 52.6 Å². The number of unbranched alkanes of at least 4 members (excludes halogenated alkanes) is 5. The lowest BCUT2D eigenvalue weighted by molar-refractivity contribution is 0.565. The predicted molar refractivity (Wildman–Crippen MR) is 130 cm³/mol. The zero-order chi connectivity index (χ0) is 20.6. The van der Waals surface area contributed by atoms with Gasteiger partial charge in [-0.3, -0.25) is 0 Å². The van der Waals surface area contributed by atoms with Crippen molar-refractivity contribution in [1.82, 2.24) is 4.57 Å². The van der Waals surface area contributed by atoms with E-state index >= 15 is 0 Å². The third-order valence-corrected chi connectivity index (χ3v) is 6.14. The molecule has 0 spiro atoms. The molecular weight excluding hydrogens is 362 g/mol. The monoisotopic (exact) mass is 395 g/mol. The van der Waals surface area contributed by atoms with Crippen molar-refractivity contribution in [3.05, 3.63) is 96.2 Å². The van der Waals surface area contributed by atoms with Crippen LogP contribution in [0.4, 0.5) is 0 Å². The fourth-order valence-corrected chi connectivity index (χ4v) is 4.48. The molecule has 1 nitrogen and oxygen atoms in total. The Morgan fingerprint density at radius 3 is 1.97 bits per heavy atom. The van der Waals surface area contributed by atoms with E-state index in [1.807, 2.05) is 0 Å². The number of hydrogen-bond donors (Lipinski definition) is 0. The van der Waals surface area contributed by atoms with E-state index in [-0.39, 0.29) is 0 Å². The van der Waals surface area contributed by atoms with Crippen LogP contribution in [-0.2, 0) is 13.0 Å². The molecule has 0 unspecified atom stereocenters. The number of rotatable bonds is 7. The number of aromatic nitrogens is 1. The molecule has 0 radical (unpaired) electrons. The number of nitrogens with zero attached hydrogens (tertiary/aromatic N) is 1. The summed E-state index contributed by atoms with van der Waals surface area (Å²) in [6, 6.07) is 28.2. The van der Waals surface area contributed by atoms with Gasteiger partial charge in [-0.2, -0.15) is 0 Å². The Bertz CT molecular complexity index is 1030. The summed E-state index contributed by atoms with van der Waals surface area (Å²) in [7, 11) is 0. The molecule has 0 saturated heterocycles. The Morgan fingerprint density at radius 2 is 1.23 bits per heavy atom. The fraction of sp³-hybridized carbons (Fsp3) is 0.310. The Morgan fingerprint density at radius 1 is 0.633 bits per heavy atom. The minimum atomic E-state index is 1.10. The standard InChI is InChI=1S/C16H23N.C13H10/c1-2-3-4-5-6-9-13-17-14-12-15-10-7-8-11-16(15)17;1-3-7-12-10(5-1)9-11-6-2-4-8-13(11)12/h7-8,10-12,14H,2-6,9,13H2,1H3;1-8H,9H2. The summed E-state index contributed by atoms with van der Waals surface area (Å²) in [4.78, 5) is 0. The lowest BCUT2D eigenvalue weighted by Gasteiger charge is -2.05. The van der Waals surface area contributed by atoms with E-state index in [1.165, 1.54) is 78.2 Å². The maximum Gasteiger partial charge on any atom is 0.0480 e. The summed E-state index contributed by atoms with van der Waals surface area (Å²) in [6.45, 7) is 3.44. The number of hydrogen-bond acceptors (Lipinski definition) is 0. The summed E-state index contributed by atoms with van der Waals surface area (Å²) in [5.41, 5.74) is 7.13. The van der Waals surface area contributed by atoms with Crippen LogP contribution in [0.1, 0.15) is 56.6 Å². The van der Waals surface area contributed by atoms with Gasteiger partial charge >= 0.3 is 0 Å². The quantitative estimate of drug-likeness (QED) is 0.244. The fourth-order valence-electron chi connectivity index (χ4n) is 4.48. The highest BCUT2D eigenvalue weighted by Gasteiger charge is 2.15. The van der Waals surface area contributed by atoms with Gasteiger partial charge in [0.2, 0.25) is 0 Å². The van der Waals surface area contributed by atoms with Crippen molar-refractivity contribution in [1.29, 1.82) is 0 Å². The average Bonchev–Trinajstić information content (AvgIpc) is 3.38. The van der Waals surface area contributed by atoms with Gasteiger partial charge in [0.15, 0.2) is 0 Å². The summed E-state index contributed by atoms with van der Waals surface area (Å²) in [5.74, 6) is 0. The molecule has 1 aliphatic carbocycles. The van der Waals surface area contributed by atoms with Gasteiger partial charge in [0.25, 0.3) is 0 Å². The summed E-state index contributed by atoms with van der Waals surface area (Å²) < 4.78 is 2.38. The second kappa shape index (κ2) is 10.3. The third kappa shape index (κ3) is 4.84. The van der Waals surface area contributed by atoms with Crippen LogP contribution >= 0.6 is 0 Å². The average molecular weight is 396 g/mol. The molecule has 0 saturated carbocycles. The number of benzene rings is 3. The summed E-state index contributed by atoms with van der Waals surface area (Å²) in [6.07, 6.45) is 11.5. The van der Waals surface area contributed by atoms with Crippen LogP contribution in [-0.4, -0.2) is 4.57 Å². The largest absolute Gasteiger partial charge is 0.347 e. The first-order valence-electron chi connectivity index (χ1n) is 11.6. The predicted octanol–water partition coefficient (Wildman–Crippen LogP) is 8.26. The van der Waals surface area contributed by atoms with Crippen LogP contribution in [0.25, 0.3) is 22.0 Å². The number of fused-ring (bicyclic) bond motifs is 4. The summed E-state index contributed by atoms with van der Waals surface area (Å²) in [5, 5.41) is 1.36. The van der Waals surface area contributed by atoms with Gasteiger partial charge in [0.05, 0.1) is 0 Å². The van der Waals surface area contributed by atoms with Crippen molar-refractivity contribution < 1.29 is 0 Å². The first kappa shape index (κ1) is 20.5. The zero-order valence-corrected chi connectivity index (χ0v) is 18.2. The number of para-hydroxylation sites is 1. The maximum atomic E-state index is 2.38. The van der Waals surface area contributed by atoms with Crippen molar-refractivity contribution in [2.75, 3.05) is 0 Å². The van der Waals surface area contributed by atoms with Crippen LogP contribution in [0.3, 0.4) is 0 Å². The normalized spacial score (nSPS) is 11.6. The highest BCUT2D eigenvalue weighted by Crippen LogP contribution is 2.35. The third-order valence-electron chi connectivity index (χ3n) is 6.14. The highest BCUT2D eigenvalue weighted by atomic mass is 14.9. The second-order valence-electron chi connectivity index (χ2n) is 8.33. The molecule has 0 atom stereocenters. The van der Waals surface area contributed by atoms with E-state index in [0.717, 1.165) is 6.42 Å². The molecule has 0 N–H and O–H groups in total. The lowest BCUT2D eigenvalue weighted by Crippen LogP contribution is -1.95. The topological polar surface area (TPSA) is 4.93 Å². The van der Waals surface area contributed by atoms with E-state index < -0.39 is 0 Å². The van der Waals surface area contributed by atoms with Crippen LogP contribution < -0.4 is 0 Å². The van der Waals surface area contributed by atoms with Crippen LogP contribution in [0, 0.1) is 0 Å². The minimum Gasteiger partial charge on any atom is -0.347 e. The Labute approximate surface area is 181 Å². The van der Waals surface area contributed by atoms with Crippen molar-refractivity contribution in [2.24, 2.45) is 0 Å². The SMILES string of the molecule is CCCCCCCCn1ccc2ccccc21.c1ccc2c(c1)Cc1ccccc1-2. The molecule has 1 aliphatic rings. The second-order valence-corrected chi connectivity index (χ2v) is 8.33.